The van der Waals surface area contributed by atoms with Crippen molar-refractivity contribution in [2.24, 2.45) is 5.73 Å². The molecule has 0 aliphatic rings. The van der Waals surface area contributed by atoms with E-state index in [1.165, 1.54) is 10.9 Å². The molecule has 0 aromatic heterocycles. The highest BCUT2D eigenvalue weighted by atomic mass is 35.5. The smallest absolute Gasteiger partial charge is 0.0178 e. The van der Waals surface area contributed by atoms with Gasteiger partial charge >= 0.3 is 0 Å². The fourth-order valence-electron chi connectivity index (χ4n) is 0.654. The molecule has 0 saturated carbocycles. The summed E-state index contributed by atoms with van der Waals surface area (Å²) in [6.45, 7) is 0.630. The molecule has 4 heteroatoms. The van der Waals surface area contributed by atoms with Crippen LogP contribution in [0.5, 0.6) is 0 Å². The van der Waals surface area contributed by atoms with E-state index in [9.17, 15) is 0 Å². The van der Waals surface area contributed by atoms with Crippen molar-refractivity contribution in [1.82, 2.24) is 0 Å². The van der Waals surface area contributed by atoms with Crippen molar-refractivity contribution in [2.45, 2.75) is 6.54 Å². The third-order valence-electron chi connectivity index (χ3n) is 1.22. The third-order valence-corrected chi connectivity index (χ3v) is 1.60. The van der Waals surface area contributed by atoms with Crippen molar-refractivity contribution in [3.05, 3.63) is 29.8 Å². The molecule has 1 rings (SSSR count). The fraction of sp³-hybridized carbons (Fsp3) is 0.143. The molecule has 1 atom stereocenters. The van der Waals surface area contributed by atoms with Crippen LogP contribution < -0.4 is 11.0 Å². The minimum Gasteiger partial charge on any atom is -0.326 e. The first-order valence-electron chi connectivity index (χ1n) is 2.87. The minimum absolute atomic E-state index is 0. The van der Waals surface area contributed by atoms with Gasteiger partial charge in [-0.1, -0.05) is 24.3 Å². The topological polar surface area (TPSA) is 26.0 Å². The van der Waals surface area contributed by atoms with E-state index in [1.54, 1.807) is 0 Å². The Bertz CT molecular complexity index is 188. The van der Waals surface area contributed by atoms with Gasteiger partial charge in [-0.15, -0.1) is 34.1 Å². The number of nitrogens with two attached hydrogens (primary N) is 1. The highest BCUT2D eigenvalue weighted by molar-refractivity contribution is 7.27. The lowest BCUT2D eigenvalue weighted by atomic mass is 10.2. The molecule has 0 aliphatic heterocycles. The van der Waals surface area contributed by atoms with Crippen molar-refractivity contribution >= 4 is 39.4 Å². The first-order chi connectivity index (χ1) is 4.33. The molecule has 1 unspecified atom stereocenters. The molecular formula is C7H12Cl2NP. The first kappa shape index (κ1) is 13.8. The summed E-state index contributed by atoms with van der Waals surface area (Å²) in [6, 6.07) is 8.13. The quantitative estimate of drug-likeness (QED) is 0.701. The number of hydrogen-bond acceptors (Lipinski definition) is 1. The Labute approximate surface area is 81.8 Å². The molecule has 64 valence electrons. The van der Waals surface area contributed by atoms with E-state index >= 15 is 0 Å². The summed E-state index contributed by atoms with van der Waals surface area (Å²) in [5.41, 5.74) is 6.57. The number of halogens is 2. The van der Waals surface area contributed by atoms with Gasteiger partial charge in [-0.25, -0.2) is 0 Å². The molecule has 0 spiro atoms. The van der Waals surface area contributed by atoms with Gasteiger partial charge in [0.2, 0.25) is 0 Å². The van der Waals surface area contributed by atoms with Gasteiger partial charge in [0, 0.05) is 6.54 Å². The average molecular weight is 212 g/mol. The van der Waals surface area contributed by atoms with Crippen molar-refractivity contribution < 1.29 is 0 Å². The zero-order valence-corrected chi connectivity index (χ0v) is 8.78. The maximum atomic E-state index is 5.39. The Kier molecular flexibility index (Phi) is 8.60. The Hall–Kier alpha value is 0.190. The Morgan fingerprint density at radius 1 is 1.09 bits per heavy atom. The fourth-order valence-corrected chi connectivity index (χ4v) is 0.846. The van der Waals surface area contributed by atoms with Crippen LogP contribution in [0.25, 0.3) is 0 Å². The van der Waals surface area contributed by atoms with Crippen molar-refractivity contribution in [2.75, 3.05) is 0 Å². The predicted molar refractivity (Wildman–Crippen MR) is 58.2 cm³/mol. The van der Waals surface area contributed by atoms with Gasteiger partial charge in [-0.2, -0.15) is 0 Å². The summed E-state index contributed by atoms with van der Waals surface area (Å²) >= 11 is 0. The largest absolute Gasteiger partial charge is 0.326 e. The predicted octanol–water partition coefficient (Wildman–Crippen LogP) is 1.49. The standard InChI is InChI=1S/C7H10NP.2ClH/c8-5-6-1-3-7(9)4-2-6;;/h1-4H,5,8-9H2;2*1H. The molecule has 0 saturated heterocycles. The maximum Gasteiger partial charge on any atom is 0.0178 e. The molecular weight excluding hydrogens is 200 g/mol. The molecule has 0 amide bonds. The number of benzene rings is 1. The van der Waals surface area contributed by atoms with E-state index in [0.29, 0.717) is 6.54 Å². The molecule has 11 heavy (non-hydrogen) atoms. The second-order valence-electron chi connectivity index (χ2n) is 1.95. The van der Waals surface area contributed by atoms with Crippen LogP contribution in [-0.2, 0) is 6.54 Å². The summed E-state index contributed by atoms with van der Waals surface area (Å²) < 4.78 is 0. The summed E-state index contributed by atoms with van der Waals surface area (Å²) in [5, 5.41) is 1.20. The monoisotopic (exact) mass is 211 g/mol. The zero-order chi connectivity index (χ0) is 6.69. The third kappa shape index (κ3) is 4.60. The molecule has 1 aromatic rings. The van der Waals surface area contributed by atoms with Crippen LogP contribution in [-0.4, -0.2) is 0 Å². The lowest BCUT2D eigenvalue weighted by Gasteiger charge is -1.94. The molecule has 0 bridgehead atoms. The normalized spacial score (nSPS) is 7.82. The molecule has 2 N–H and O–H groups in total. The molecule has 0 radical (unpaired) electrons. The second kappa shape index (κ2) is 6.87. The zero-order valence-electron chi connectivity index (χ0n) is 5.99. The number of hydrogen-bond donors (Lipinski definition) is 1. The highest BCUT2D eigenvalue weighted by Gasteiger charge is 1.85. The lowest BCUT2D eigenvalue weighted by molar-refractivity contribution is 1.07. The molecule has 0 aliphatic carbocycles. The van der Waals surface area contributed by atoms with Crippen LogP contribution in [0, 0.1) is 0 Å². The highest BCUT2D eigenvalue weighted by Crippen LogP contribution is 1.96. The van der Waals surface area contributed by atoms with E-state index < -0.39 is 0 Å². The van der Waals surface area contributed by atoms with Gasteiger partial charge in [0.1, 0.15) is 0 Å². The average Bonchev–Trinajstić information content (AvgIpc) is 1.90. The van der Waals surface area contributed by atoms with Crippen LogP contribution in [0.3, 0.4) is 0 Å². The molecule has 0 fully saturated rings. The summed E-state index contributed by atoms with van der Waals surface area (Å²) in [4.78, 5) is 0. The Balaban J connectivity index is 0. The van der Waals surface area contributed by atoms with Gasteiger partial charge in [0.15, 0.2) is 0 Å². The lowest BCUT2D eigenvalue weighted by Crippen LogP contribution is -1.97. The van der Waals surface area contributed by atoms with Crippen molar-refractivity contribution in [3.63, 3.8) is 0 Å². The summed E-state index contributed by atoms with van der Waals surface area (Å²) in [7, 11) is 2.63. The summed E-state index contributed by atoms with van der Waals surface area (Å²) in [5.74, 6) is 0. The maximum absolute atomic E-state index is 5.39. The Morgan fingerprint density at radius 3 is 1.91 bits per heavy atom. The molecule has 0 heterocycles. The van der Waals surface area contributed by atoms with Crippen LogP contribution >= 0.6 is 34.1 Å². The van der Waals surface area contributed by atoms with Gasteiger partial charge in [-0.05, 0) is 10.9 Å². The molecule has 1 nitrogen and oxygen atoms in total. The van der Waals surface area contributed by atoms with Gasteiger partial charge in [0.05, 0.1) is 0 Å². The van der Waals surface area contributed by atoms with Gasteiger partial charge in [0.25, 0.3) is 0 Å². The number of rotatable bonds is 1. The van der Waals surface area contributed by atoms with E-state index in [0.717, 1.165) is 0 Å². The van der Waals surface area contributed by atoms with E-state index in [1.807, 2.05) is 24.3 Å². The van der Waals surface area contributed by atoms with Crippen LogP contribution in [0.2, 0.25) is 0 Å². The van der Waals surface area contributed by atoms with E-state index in [4.69, 9.17) is 5.73 Å². The molecule has 1 aromatic carbocycles. The SMILES string of the molecule is Cl.Cl.NCc1ccc(P)cc1. The summed E-state index contributed by atoms with van der Waals surface area (Å²) in [6.07, 6.45) is 0. The van der Waals surface area contributed by atoms with Crippen molar-refractivity contribution in [1.29, 1.82) is 0 Å². The van der Waals surface area contributed by atoms with Crippen LogP contribution in [0.4, 0.5) is 0 Å². The van der Waals surface area contributed by atoms with Crippen molar-refractivity contribution in [3.8, 4) is 0 Å². The second-order valence-corrected chi connectivity index (χ2v) is 2.61. The minimum atomic E-state index is 0. The van der Waals surface area contributed by atoms with Gasteiger partial charge < -0.3 is 5.73 Å². The van der Waals surface area contributed by atoms with Gasteiger partial charge in [-0.3, -0.25) is 0 Å². The van der Waals surface area contributed by atoms with Crippen LogP contribution in [0.15, 0.2) is 24.3 Å². The van der Waals surface area contributed by atoms with E-state index in [2.05, 4.69) is 9.24 Å². The van der Waals surface area contributed by atoms with Crippen LogP contribution in [0.1, 0.15) is 5.56 Å². The first-order valence-corrected chi connectivity index (χ1v) is 3.45. The van der Waals surface area contributed by atoms with E-state index in [-0.39, 0.29) is 24.8 Å². The Morgan fingerprint density at radius 2 is 1.55 bits per heavy atom.